The number of nitrogens with zero attached hydrogens (tertiary/aromatic N) is 2. The molecule has 18 heavy (non-hydrogen) atoms. The van der Waals surface area contributed by atoms with Crippen molar-refractivity contribution in [1.29, 1.82) is 0 Å². The molecule has 0 aliphatic heterocycles. The average Bonchev–Trinajstić information content (AvgIpc) is 2.47. The summed E-state index contributed by atoms with van der Waals surface area (Å²) in [6, 6.07) is 0. The minimum absolute atomic E-state index is 0. The number of amidine groups is 1. The van der Waals surface area contributed by atoms with Crippen LogP contribution in [0.4, 0.5) is 0 Å². The van der Waals surface area contributed by atoms with Crippen LogP contribution in [0, 0.1) is 29.6 Å². The average molecular weight is 462 g/mol. The van der Waals surface area contributed by atoms with E-state index in [4.69, 9.17) is 0 Å². The van der Waals surface area contributed by atoms with Gasteiger partial charge in [0.15, 0.2) is 0 Å². The zero-order chi connectivity index (χ0) is 13.7. The van der Waals surface area contributed by atoms with Crippen molar-refractivity contribution in [2.45, 2.75) is 34.6 Å². The zero-order valence-electron chi connectivity index (χ0n) is 12.0. The van der Waals surface area contributed by atoms with Gasteiger partial charge in [-0.25, -0.2) is 0 Å². The van der Waals surface area contributed by atoms with E-state index in [2.05, 4.69) is 64.5 Å². The summed E-state index contributed by atoms with van der Waals surface area (Å²) in [7, 11) is 3.61. The quantitative estimate of drug-likeness (QED) is 0.313. The molecule has 103 valence electrons. The van der Waals surface area contributed by atoms with Gasteiger partial charge in [-0.3, -0.25) is 0 Å². The maximum Gasteiger partial charge on any atom is 3.00 e. The fourth-order valence-corrected chi connectivity index (χ4v) is 1.65. The Morgan fingerprint density at radius 3 is 1.11 bits per heavy atom. The third kappa shape index (κ3) is 5.68. The first-order chi connectivity index (χ1) is 7.73. The Kier molecular flexibility index (Phi) is 11.0. The molecule has 1 saturated carbocycles. The summed E-state index contributed by atoms with van der Waals surface area (Å²) in [4.78, 5) is 1.68. The minimum atomic E-state index is 0. The molecule has 0 bridgehead atoms. The van der Waals surface area contributed by atoms with Gasteiger partial charge in [0.1, 0.15) is 0 Å². The van der Waals surface area contributed by atoms with E-state index >= 15 is 0 Å². The van der Waals surface area contributed by atoms with Gasteiger partial charge in [-0.1, -0.05) is 39.8 Å². The second kappa shape index (κ2) is 9.46. The molecule has 1 aliphatic rings. The molecule has 0 saturated heterocycles. The van der Waals surface area contributed by atoms with Crippen LogP contribution in [0.3, 0.4) is 0 Å². The van der Waals surface area contributed by atoms with Crippen molar-refractivity contribution in [1.82, 2.24) is 4.90 Å². The van der Waals surface area contributed by atoms with Gasteiger partial charge in [-0.15, -0.1) is 0 Å². The van der Waals surface area contributed by atoms with Crippen LogP contribution in [0.15, 0.2) is 4.40 Å². The molecule has 0 aromatic rings. The monoisotopic (exact) mass is 462 g/mol. The molecule has 0 aromatic carbocycles. The topological polar surface area (TPSA) is 15.6 Å². The maximum atomic E-state index is 4.63. The predicted molar refractivity (Wildman–Crippen MR) is 80.4 cm³/mol. The summed E-state index contributed by atoms with van der Waals surface area (Å²) < 4.78 is 3.33. The molecule has 5 heteroatoms. The molecule has 2 nitrogen and oxygen atoms in total. The first kappa shape index (κ1) is 20.9. The van der Waals surface area contributed by atoms with Crippen LogP contribution in [-0.2, 0) is 45.5 Å². The molecule has 0 unspecified atom stereocenters. The Bertz CT molecular complexity index is 215. The standard InChI is InChI=1S/C10H15.C3H8N2S2.Ir/c1-6-7(2)9(4)10(5)8(6)3;1-5(2)3(6)4-7;/h1-5H3;7H,1-2H3,(H,4,6);/q;;+3/p-2. The first-order valence-electron chi connectivity index (χ1n) is 5.48. The second-order valence-electron chi connectivity index (χ2n) is 4.39. The van der Waals surface area contributed by atoms with E-state index < -0.39 is 0 Å². The van der Waals surface area contributed by atoms with E-state index in [0.717, 1.165) is 0 Å². The Morgan fingerprint density at radius 2 is 1.06 bits per heavy atom. The molecule has 0 atom stereocenters. The summed E-state index contributed by atoms with van der Waals surface area (Å²) >= 11 is 8.93. The molecule has 0 spiro atoms. The van der Waals surface area contributed by atoms with Gasteiger partial charge in [0.2, 0.25) is 0 Å². The van der Waals surface area contributed by atoms with E-state index in [1.807, 2.05) is 0 Å². The van der Waals surface area contributed by atoms with Gasteiger partial charge in [0, 0.05) is 14.1 Å². The van der Waals surface area contributed by atoms with Crippen molar-refractivity contribution in [3.8, 4) is 0 Å². The van der Waals surface area contributed by atoms with Gasteiger partial charge < -0.3 is 34.7 Å². The largest absolute Gasteiger partial charge is 3.00 e. The fraction of sp³-hybridized carbons (Fsp3) is 0.538. The summed E-state index contributed by atoms with van der Waals surface area (Å²) in [6.07, 6.45) is 0. The molecular formula is C13H21IrN2S2+. The molecule has 1 rings (SSSR count). The maximum absolute atomic E-state index is 4.63. The Balaban J connectivity index is 0. The summed E-state index contributed by atoms with van der Waals surface area (Å²) in [5.74, 6) is 7.34. The normalized spacial score (nSPS) is 20.3. The van der Waals surface area contributed by atoms with Crippen molar-refractivity contribution in [3.05, 3.63) is 29.6 Å². The predicted octanol–water partition coefficient (Wildman–Crippen LogP) is 2.88. The summed E-state index contributed by atoms with van der Waals surface area (Å²) in [6.45, 7) is 11.0. The Hall–Kier alpha value is 0.559. The van der Waals surface area contributed by atoms with E-state index in [0.29, 0.717) is 5.17 Å². The molecule has 0 aromatic heterocycles. The van der Waals surface area contributed by atoms with Gasteiger partial charge in [0.25, 0.3) is 0 Å². The summed E-state index contributed by atoms with van der Waals surface area (Å²) in [5.41, 5.74) is 0. The van der Waals surface area contributed by atoms with Crippen LogP contribution in [0.5, 0.6) is 0 Å². The molecule has 0 N–H and O–H groups in total. The number of rotatable bonds is 0. The van der Waals surface area contributed by atoms with Crippen LogP contribution < -0.4 is 0 Å². The van der Waals surface area contributed by atoms with Crippen molar-refractivity contribution in [3.63, 3.8) is 0 Å². The van der Waals surface area contributed by atoms with Gasteiger partial charge in [0.05, 0.1) is 0 Å². The van der Waals surface area contributed by atoms with Crippen LogP contribution in [0.1, 0.15) is 34.6 Å². The third-order valence-corrected chi connectivity index (χ3v) is 4.02. The first-order valence-corrected chi connectivity index (χ1v) is 6.25. The van der Waals surface area contributed by atoms with Crippen LogP contribution in [0.25, 0.3) is 0 Å². The minimum Gasteiger partial charge on any atom is -0.745 e. The number of hydrogen-bond acceptors (Lipinski definition) is 3. The fourth-order valence-electron chi connectivity index (χ4n) is 1.49. The van der Waals surface area contributed by atoms with Crippen molar-refractivity contribution in [2.75, 3.05) is 14.1 Å². The molecule has 0 amide bonds. The molecule has 1 fully saturated rings. The van der Waals surface area contributed by atoms with E-state index in [9.17, 15) is 0 Å². The van der Waals surface area contributed by atoms with Crippen LogP contribution in [0.2, 0.25) is 0 Å². The molecular weight excluding hydrogens is 441 g/mol. The van der Waals surface area contributed by atoms with Crippen LogP contribution >= 0.6 is 0 Å². The third-order valence-electron chi connectivity index (χ3n) is 3.27. The SMILES string of the molecule is CN(C)/C([S-])=N/[S-].C[C]1[C](C)[C](C)[C](C)[C]1C.[Ir+3]. The number of hydrogen-bond donors (Lipinski definition) is 0. The zero-order valence-corrected chi connectivity index (χ0v) is 16.1. The van der Waals surface area contributed by atoms with E-state index in [1.165, 1.54) is 29.6 Å². The second-order valence-corrected chi connectivity index (χ2v) is 4.94. The van der Waals surface area contributed by atoms with Crippen molar-refractivity contribution in [2.24, 2.45) is 4.40 Å². The van der Waals surface area contributed by atoms with E-state index in [-0.39, 0.29) is 20.1 Å². The van der Waals surface area contributed by atoms with Crippen LogP contribution in [-0.4, -0.2) is 24.2 Å². The van der Waals surface area contributed by atoms with Crippen molar-refractivity contribution < 1.29 is 20.1 Å². The Labute approximate surface area is 138 Å². The Morgan fingerprint density at radius 1 is 0.833 bits per heavy atom. The van der Waals surface area contributed by atoms with E-state index in [1.54, 1.807) is 19.0 Å². The summed E-state index contributed by atoms with van der Waals surface area (Å²) in [5, 5.41) is 0.454. The van der Waals surface area contributed by atoms with Gasteiger partial charge >= 0.3 is 20.1 Å². The van der Waals surface area contributed by atoms with Gasteiger partial charge in [-0.2, -0.15) is 0 Å². The smallest absolute Gasteiger partial charge is 0.745 e. The molecule has 5 radical (unpaired) electrons. The molecule has 0 heterocycles. The van der Waals surface area contributed by atoms with Crippen molar-refractivity contribution >= 4 is 30.6 Å². The van der Waals surface area contributed by atoms with Gasteiger partial charge in [-0.05, 0) is 29.6 Å². The molecule has 1 aliphatic carbocycles.